The molecule has 2 heterocycles. The van der Waals surface area contributed by atoms with Crippen LogP contribution in [0.3, 0.4) is 0 Å². The molecule has 11 heteroatoms. The summed E-state index contributed by atoms with van der Waals surface area (Å²) in [7, 11) is -0.618. The van der Waals surface area contributed by atoms with Gasteiger partial charge in [-0.1, -0.05) is 24.3 Å². The smallest absolute Gasteiger partial charge is 0.480 e. The number of amides is 2. The Morgan fingerprint density at radius 3 is 2.44 bits per heavy atom. The predicted molar refractivity (Wildman–Crippen MR) is 134 cm³/mol. The van der Waals surface area contributed by atoms with Crippen molar-refractivity contribution in [2.45, 2.75) is 96.6 Å². The molecule has 2 aliphatic heterocycles. The number of carbonyl (C=O) groups is 3. The molecule has 0 bridgehead atoms. The summed E-state index contributed by atoms with van der Waals surface area (Å²) in [5.41, 5.74) is 2.50. The highest BCUT2D eigenvalue weighted by atomic mass is 16.7. The van der Waals surface area contributed by atoms with Crippen molar-refractivity contribution in [3.05, 3.63) is 29.8 Å². The van der Waals surface area contributed by atoms with Crippen molar-refractivity contribution in [1.82, 2.24) is 15.8 Å². The number of hydrazine groups is 1. The van der Waals surface area contributed by atoms with Crippen LogP contribution in [-0.2, 0) is 23.6 Å². The number of alkyl carbamates (subject to hydrolysis) is 1. The highest BCUT2D eigenvalue weighted by molar-refractivity contribution is 6.62. The SMILES string of the molecule is CC(C)(C)OC(=O)NC(CC(=O)N1NCCC[C@H]1C(=O)O)c1cccc(B2OC(C)(C)C(C)(C)O2)c1. The number of carbonyl (C=O) groups excluding carboxylic acids is 2. The second-order valence-corrected chi connectivity index (χ2v) is 11.3. The topological polar surface area (TPSA) is 126 Å². The first-order chi connectivity index (χ1) is 16.6. The third kappa shape index (κ3) is 6.57. The third-order valence-corrected chi connectivity index (χ3v) is 6.71. The van der Waals surface area contributed by atoms with Gasteiger partial charge in [0.25, 0.3) is 0 Å². The zero-order chi connectivity index (χ0) is 26.9. The van der Waals surface area contributed by atoms with E-state index in [1.807, 2.05) is 45.9 Å². The first-order valence-corrected chi connectivity index (χ1v) is 12.3. The minimum atomic E-state index is -1.07. The zero-order valence-electron chi connectivity index (χ0n) is 22.2. The van der Waals surface area contributed by atoms with Gasteiger partial charge in [0.15, 0.2) is 0 Å². The van der Waals surface area contributed by atoms with Gasteiger partial charge in [-0.3, -0.25) is 9.80 Å². The Morgan fingerprint density at radius 2 is 1.86 bits per heavy atom. The lowest BCUT2D eigenvalue weighted by Gasteiger charge is -2.34. The summed E-state index contributed by atoms with van der Waals surface area (Å²) in [5, 5.41) is 13.5. The number of carboxylic acids is 1. The molecule has 1 aromatic carbocycles. The molecule has 2 aliphatic rings. The molecule has 0 saturated carbocycles. The van der Waals surface area contributed by atoms with Crippen molar-refractivity contribution in [3.63, 3.8) is 0 Å². The quantitative estimate of drug-likeness (QED) is 0.506. The highest BCUT2D eigenvalue weighted by Crippen LogP contribution is 2.36. The Bertz CT molecular complexity index is 976. The number of nitrogens with zero attached hydrogens (tertiary/aromatic N) is 1. The normalized spacial score (nSPS) is 22.1. The van der Waals surface area contributed by atoms with Crippen LogP contribution in [0.2, 0.25) is 0 Å². The van der Waals surface area contributed by atoms with Crippen LogP contribution in [0.25, 0.3) is 0 Å². The average Bonchev–Trinajstić information content (AvgIpc) is 2.99. The third-order valence-electron chi connectivity index (χ3n) is 6.71. The number of hydrogen-bond donors (Lipinski definition) is 3. The van der Waals surface area contributed by atoms with Gasteiger partial charge in [-0.25, -0.2) is 15.0 Å². The highest BCUT2D eigenvalue weighted by Gasteiger charge is 2.51. The Kier molecular flexibility index (Phi) is 8.07. The minimum Gasteiger partial charge on any atom is -0.480 e. The molecule has 3 rings (SSSR count). The Labute approximate surface area is 213 Å². The number of carboxylic acid groups (broad SMARTS) is 1. The van der Waals surface area contributed by atoms with Crippen molar-refractivity contribution >= 4 is 30.6 Å². The van der Waals surface area contributed by atoms with Crippen LogP contribution >= 0.6 is 0 Å². The van der Waals surface area contributed by atoms with Gasteiger partial charge in [0.1, 0.15) is 11.6 Å². The molecule has 0 spiro atoms. The number of ether oxygens (including phenoxy) is 1. The summed E-state index contributed by atoms with van der Waals surface area (Å²) in [6.45, 7) is 13.6. The van der Waals surface area contributed by atoms with E-state index in [0.717, 1.165) is 10.5 Å². The molecule has 2 fully saturated rings. The molecule has 1 aromatic rings. The van der Waals surface area contributed by atoms with E-state index < -0.39 is 54.0 Å². The van der Waals surface area contributed by atoms with Crippen LogP contribution in [0.5, 0.6) is 0 Å². The van der Waals surface area contributed by atoms with Gasteiger partial charge in [-0.15, -0.1) is 0 Å². The maximum absolute atomic E-state index is 13.2. The first kappa shape index (κ1) is 28.0. The van der Waals surface area contributed by atoms with Crippen molar-refractivity contribution in [2.24, 2.45) is 0 Å². The summed E-state index contributed by atoms with van der Waals surface area (Å²) in [6.07, 6.45) is 0.164. The molecule has 1 unspecified atom stereocenters. The molecular formula is C25H38BN3O7. The Morgan fingerprint density at radius 1 is 1.22 bits per heavy atom. The lowest BCUT2D eigenvalue weighted by Crippen LogP contribution is -2.56. The van der Waals surface area contributed by atoms with Gasteiger partial charge in [0, 0.05) is 6.54 Å². The molecule has 2 saturated heterocycles. The molecule has 10 nitrogen and oxygen atoms in total. The van der Waals surface area contributed by atoms with Gasteiger partial charge in [0.05, 0.1) is 23.7 Å². The van der Waals surface area contributed by atoms with E-state index in [4.69, 9.17) is 14.0 Å². The largest absolute Gasteiger partial charge is 0.494 e. The number of benzene rings is 1. The van der Waals surface area contributed by atoms with Crippen molar-refractivity contribution in [3.8, 4) is 0 Å². The van der Waals surface area contributed by atoms with E-state index in [2.05, 4.69) is 10.7 Å². The number of aliphatic carboxylic acids is 1. The standard InChI is InChI=1S/C25H38BN3O7/c1-23(2,3)34-22(33)28-18(15-20(30)29-19(21(31)32)12-9-13-27-29)16-10-8-11-17(14-16)26-35-24(4,5)25(6,7)36-26/h8,10-11,14,18-19,27H,9,12-13,15H2,1-7H3,(H,28,33)(H,31,32)/t18?,19-/m0/s1. The second-order valence-electron chi connectivity index (χ2n) is 11.3. The summed E-state index contributed by atoms with van der Waals surface area (Å²) in [5.74, 6) is -1.51. The molecule has 2 amide bonds. The summed E-state index contributed by atoms with van der Waals surface area (Å²) >= 11 is 0. The van der Waals surface area contributed by atoms with Crippen LogP contribution in [0.15, 0.2) is 24.3 Å². The first-order valence-electron chi connectivity index (χ1n) is 12.3. The van der Waals surface area contributed by atoms with Crippen molar-refractivity contribution in [1.29, 1.82) is 0 Å². The van der Waals surface area contributed by atoms with Crippen LogP contribution in [0.4, 0.5) is 4.79 Å². The number of hydrogen-bond acceptors (Lipinski definition) is 7. The van der Waals surface area contributed by atoms with Gasteiger partial charge < -0.3 is 24.5 Å². The predicted octanol–water partition coefficient (Wildman–Crippen LogP) is 2.52. The Balaban J connectivity index is 1.87. The van der Waals surface area contributed by atoms with E-state index in [1.54, 1.807) is 26.8 Å². The lowest BCUT2D eigenvalue weighted by molar-refractivity contribution is -0.155. The second kappa shape index (κ2) is 10.4. The summed E-state index contributed by atoms with van der Waals surface area (Å²) < 4.78 is 17.8. The number of nitrogens with one attached hydrogen (secondary N) is 2. The zero-order valence-corrected chi connectivity index (χ0v) is 22.2. The van der Waals surface area contributed by atoms with Gasteiger partial charge in [-0.2, -0.15) is 0 Å². The molecule has 0 aromatic heterocycles. The minimum absolute atomic E-state index is 0.164. The average molecular weight is 503 g/mol. The molecule has 198 valence electrons. The lowest BCUT2D eigenvalue weighted by atomic mass is 9.77. The van der Waals surface area contributed by atoms with Crippen molar-refractivity contribution in [2.75, 3.05) is 6.54 Å². The fraction of sp³-hybridized carbons (Fsp3) is 0.640. The molecular weight excluding hydrogens is 465 g/mol. The summed E-state index contributed by atoms with van der Waals surface area (Å²) in [4.78, 5) is 37.6. The molecule has 2 atom stereocenters. The van der Waals surface area contributed by atoms with Gasteiger partial charge in [-0.05, 0) is 72.3 Å². The van der Waals surface area contributed by atoms with E-state index in [9.17, 15) is 19.5 Å². The van der Waals surface area contributed by atoms with Crippen LogP contribution in [0, 0.1) is 0 Å². The van der Waals surface area contributed by atoms with E-state index in [-0.39, 0.29) is 6.42 Å². The monoisotopic (exact) mass is 503 g/mol. The maximum atomic E-state index is 13.2. The fourth-order valence-electron chi connectivity index (χ4n) is 4.11. The van der Waals surface area contributed by atoms with Gasteiger partial charge >= 0.3 is 19.2 Å². The van der Waals surface area contributed by atoms with E-state index >= 15 is 0 Å². The van der Waals surface area contributed by atoms with Crippen molar-refractivity contribution < 1.29 is 33.5 Å². The molecule has 0 radical (unpaired) electrons. The number of rotatable bonds is 6. The Hall–Kier alpha value is -2.63. The summed E-state index contributed by atoms with van der Waals surface area (Å²) in [6, 6.07) is 5.56. The molecule has 0 aliphatic carbocycles. The molecule has 3 N–H and O–H groups in total. The molecule has 36 heavy (non-hydrogen) atoms. The fourth-order valence-corrected chi connectivity index (χ4v) is 4.11. The van der Waals surface area contributed by atoms with Gasteiger partial charge in [0.2, 0.25) is 5.91 Å². The van der Waals surface area contributed by atoms with Crippen LogP contribution in [-0.4, -0.2) is 64.6 Å². The van der Waals surface area contributed by atoms with Crippen LogP contribution in [0.1, 0.15) is 79.3 Å². The van der Waals surface area contributed by atoms with E-state index in [0.29, 0.717) is 24.9 Å². The van der Waals surface area contributed by atoms with E-state index in [1.165, 1.54) is 0 Å². The maximum Gasteiger partial charge on any atom is 0.494 e. The van der Waals surface area contributed by atoms with Crippen LogP contribution < -0.4 is 16.2 Å².